The van der Waals surface area contributed by atoms with Crippen molar-refractivity contribution in [3.63, 3.8) is 0 Å². The second kappa shape index (κ2) is 9.28. The van der Waals surface area contributed by atoms with E-state index in [0.717, 1.165) is 0 Å². The van der Waals surface area contributed by atoms with Crippen molar-refractivity contribution in [1.29, 1.82) is 0 Å². The van der Waals surface area contributed by atoms with Crippen molar-refractivity contribution in [3.8, 4) is 28.7 Å². The molecule has 2 aromatic carbocycles. The number of benzene rings is 2. The molecule has 0 spiro atoms. The van der Waals surface area contributed by atoms with Crippen LogP contribution in [0.3, 0.4) is 0 Å². The molecule has 10 heteroatoms. The van der Waals surface area contributed by atoms with Crippen LogP contribution in [0, 0.1) is 0 Å². The first kappa shape index (κ1) is 20.5. The minimum Gasteiger partial charge on any atom is -0.497 e. The fourth-order valence-electron chi connectivity index (χ4n) is 2.63. The molecule has 0 aliphatic carbocycles. The maximum Gasteiger partial charge on any atom is 0.214 e. The third-order valence-electron chi connectivity index (χ3n) is 4.09. The third kappa shape index (κ3) is 4.43. The van der Waals surface area contributed by atoms with Gasteiger partial charge in [-0.1, -0.05) is 11.8 Å². The van der Waals surface area contributed by atoms with Crippen molar-refractivity contribution in [1.82, 2.24) is 20.2 Å². The van der Waals surface area contributed by atoms with Crippen LogP contribution in [0.5, 0.6) is 23.0 Å². The lowest BCUT2D eigenvalue weighted by Gasteiger charge is -2.11. The summed E-state index contributed by atoms with van der Waals surface area (Å²) < 4.78 is 22.6. The van der Waals surface area contributed by atoms with E-state index in [4.69, 9.17) is 18.9 Å². The Morgan fingerprint density at radius 3 is 2.34 bits per heavy atom. The van der Waals surface area contributed by atoms with Crippen LogP contribution in [-0.2, 0) is 0 Å². The summed E-state index contributed by atoms with van der Waals surface area (Å²) in [7, 11) is 6.18. The topological polar surface area (TPSA) is 97.6 Å². The van der Waals surface area contributed by atoms with Gasteiger partial charge in [0.15, 0.2) is 17.3 Å². The van der Waals surface area contributed by atoms with Gasteiger partial charge in [-0.3, -0.25) is 4.79 Å². The van der Waals surface area contributed by atoms with E-state index in [9.17, 15) is 4.79 Å². The molecule has 0 bridgehead atoms. The van der Waals surface area contributed by atoms with Crippen LogP contribution in [-0.4, -0.2) is 60.2 Å². The number of thioether (sulfide) groups is 1. The first-order valence-corrected chi connectivity index (χ1v) is 9.48. The maximum absolute atomic E-state index is 12.7. The molecule has 0 unspecified atom stereocenters. The third-order valence-corrected chi connectivity index (χ3v) is 5.01. The molecular formula is C19H20N4O5S. The minimum atomic E-state index is -0.132. The Morgan fingerprint density at radius 1 is 0.931 bits per heavy atom. The van der Waals surface area contributed by atoms with Crippen molar-refractivity contribution in [3.05, 3.63) is 42.0 Å². The largest absolute Gasteiger partial charge is 0.497 e. The highest BCUT2D eigenvalue weighted by molar-refractivity contribution is 7.99. The van der Waals surface area contributed by atoms with Crippen molar-refractivity contribution < 1.29 is 23.7 Å². The normalized spacial score (nSPS) is 10.5. The van der Waals surface area contributed by atoms with Gasteiger partial charge in [-0.2, -0.15) is 4.68 Å². The van der Waals surface area contributed by atoms with E-state index in [-0.39, 0.29) is 11.5 Å². The monoisotopic (exact) mass is 416 g/mol. The standard InChI is InChI=1S/C19H20N4O5S/c1-25-13-6-8-16(26-2)14(10-13)15(24)11-29-19-20-21-22-23(19)12-5-7-17(27-3)18(9-12)28-4/h5-10H,11H2,1-4H3. The summed E-state index contributed by atoms with van der Waals surface area (Å²) in [5.41, 5.74) is 1.12. The summed E-state index contributed by atoms with van der Waals surface area (Å²) in [6.45, 7) is 0. The molecule has 3 aromatic rings. The number of aromatic nitrogens is 4. The number of ketones is 1. The molecule has 1 aromatic heterocycles. The molecule has 0 saturated heterocycles. The zero-order valence-electron chi connectivity index (χ0n) is 16.4. The fraction of sp³-hybridized carbons (Fsp3) is 0.263. The molecule has 9 nitrogen and oxygen atoms in total. The Bertz CT molecular complexity index is 1010. The SMILES string of the molecule is COc1ccc(OC)c(C(=O)CSc2nnnn2-c2ccc(OC)c(OC)c2)c1. The molecule has 0 amide bonds. The molecule has 0 radical (unpaired) electrons. The van der Waals surface area contributed by atoms with E-state index in [1.807, 2.05) is 0 Å². The Balaban J connectivity index is 1.80. The predicted octanol–water partition coefficient (Wildman–Crippen LogP) is 2.67. The summed E-state index contributed by atoms with van der Waals surface area (Å²) in [5.74, 6) is 2.20. The molecule has 0 aliphatic rings. The number of Topliss-reactive ketones (excluding diaryl/α,β-unsaturated/α-hetero) is 1. The quantitative estimate of drug-likeness (QED) is 0.385. The molecule has 3 rings (SSSR count). The van der Waals surface area contributed by atoms with Gasteiger partial charge in [0.2, 0.25) is 5.16 Å². The average Bonchev–Trinajstić information content (AvgIpc) is 3.25. The number of carbonyl (C=O) groups is 1. The molecule has 0 N–H and O–H groups in total. The van der Waals surface area contributed by atoms with Gasteiger partial charge in [0.25, 0.3) is 0 Å². The number of ether oxygens (including phenoxy) is 4. The predicted molar refractivity (Wildman–Crippen MR) is 107 cm³/mol. The van der Waals surface area contributed by atoms with Crippen LogP contribution < -0.4 is 18.9 Å². The first-order valence-electron chi connectivity index (χ1n) is 8.50. The number of nitrogens with zero attached hydrogens (tertiary/aromatic N) is 4. The van der Waals surface area contributed by atoms with Gasteiger partial charge in [-0.05, 0) is 40.8 Å². The smallest absolute Gasteiger partial charge is 0.214 e. The molecule has 0 saturated carbocycles. The number of rotatable bonds is 9. The van der Waals surface area contributed by atoms with Crippen LogP contribution in [0.4, 0.5) is 0 Å². The summed E-state index contributed by atoms with van der Waals surface area (Å²) in [5, 5.41) is 12.2. The lowest BCUT2D eigenvalue weighted by molar-refractivity contribution is 0.101. The highest BCUT2D eigenvalue weighted by Gasteiger charge is 2.17. The van der Waals surface area contributed by atoms with E-state index in [2.05, 4.69) is 15.5 Å². The number of hydrogen-bond acceptors (Lipinski definition) is 9. The molecule has 1 heterocycles. The van der Waals surface area contributed by atoms with Gasteiger partial charge in [-0.25, -0.2) is 0 Å². The van der Waals surface area contributed by atoms with Gasteiger partial charge in [0.1, 0.15) is 11.5 Å². The Morgan fingerprint density at radius 2 is 1.66 bits per heavy atom. The highest BCUT2D eigenvalue weighted by atomic mass is 32.2. The lowest BCUT2D eigenvalue weighted by atomic mass is 10.1. The van der Waals surface area contributed by atoms with E-state index < -0.39 is 0 Å². The van der Waals surface area contributed by atoms with Gasteiger partial charge in [0.05, 0.1) is 45.4 Å². The van der Waals surface area contributed by atoms with Gasteiger partial charge < -0.3 is 18.9 Å². The Hall–Kier alpha value is -3.27. The van der Waals surface area contributed by atoms with Crippen molar-refractivity contribution in [2.45, 2.75) is 5.16 Å². The second-order valence-corrected chi connectivity index (χ2v) is 6.63. The van der Waals surface area contributed by atoms with Crippen LogP contribution in [0.1, 0.15) is 10.4 Å². The van der Waals surface area contributed by atoms with Crippen molar-refractivity contribution in [2.75, 3.05) is 34.2 Å². The van der Waals surface area contributed by atoms with Gasteiger partial charge in [-0.15, -0.1) is 5.10 Å². The number of tetrazole rings is 1. The summed E-state index contributed by atoms with van der Waals surface area (Å²) in [6, 6.07) is 10.4. The lowest BCUT2D eigenvalue weighted by Crippen LogP contribution is -2.07. The average molecular weight is 416 g/mol. The molecular weight excluding hydrogens is 396 g/mol. The summed E-state index contributed by atoms with van der Waals surface area (Å²) >= 11 is 1.22. The number of carbonyl (C=O) groups excluding carboxylic acids is 1. The maximum atomic E-state index is 12.7. The van der Waals surface area contributed by atoms with Gasteiger partial charge in [0, 0.05) is 6.07 Å². The van der Waals surface area contributed by atoms with Crippen molar-refractivity contribution >= 4 is 17.5 Å². The van der Waals surface area contributed by atoms with Crippen LogP contribution in [0.15, 0.2) is 41.6 Å². The molecule has 0 atom stereocenters. The summed E-state index contributed by atoms with van der Waals surface area (Å²) in [4.78, 5) is 12.7. The van der Waals surface area contributed by atoms with E-state index in [1.54, 1.807) is 57.7 Å². The van der Waals surface area contributed by atoms with Crippen LogP contribution in [0.2, 0.25) is 0 Å². The second-order valence-electron chi connectivity index (χ2n) is 5.69. The molecule has 0 fully saturated rings. The number of methoxy groups -OCH3 is 4. The van der Waals surface area contributed by atoms with Gasteiger partial charge >= 0.3 is 0 Å². The molecule has 29 heavy (non-hydrogen) atoms. The molecule has 152 valence electrons. The van der Waals surface area contributed by atoms with E-state index in [0.29, 0.717) is 39.4 Å². The zero-order valence-corrected chi connectivity index (χ0v) is 17.2. The molecule has 0 aliphatic heterocycles. The van der Waals surface area contributed by atoms with E-state index >= 15 is 0 Å². The fourth-order valence-corrected chi connectivity index (χ4v) is 3.40. The Kier molecular flexibility index (Phi) is 6.55. The minimum absolute atomic E-state index is 0.122. The van der Waals surface area contributed by atoms with Crippen molar-refractivity contribution in [2.24, 2.45) is 0 Å². The van der Waals surface area contributed by atoms with E-state index in [1.165, 1.54) is 23.6 Å². The Labute approximate surface area is 171 Å². The zero-order chi connectivity index (χ0) is 20.8. The summed E-state index contributed by atoms with van der Waals surface area (Å²) in [6.07, 6.45) is 0. The van der Waals surface area contributed by atoms with Crippen LogP contribution in [0.25, 0.3) is 5.69 Å². The number of hydrogen-bond donors (Lipinski definition) is 0. The van der Waals surface area contributed by atoms with Crippen LogP contribution >= 0.6 is 11.8 Å². The first-order chi connectivity index (χ1) is 14.1. The highest BCUT2D eigenvalue weighted by Crippen LogP contribution is 2.31.